The predicted molar refractivity (Wildman–Crippen MR) is 73.2 cm³/mol. The second kappa shape index (κ2) is 5.26. The minimum absolute atomic E-state index is 0.0492. The number of aliphatic hydroxyl groups excluding tert-OH is 1. The SMILES string of the molecule is CCS(=O)(=O)[C@](C)(Br)[C@@H](O)c1cccc(Cl)c1. The number of rotatable bonds is 4. The molecule has 1 rings (SSSR count). The molecule has 17 heavy (non-hydrogen) atoms. The Morgan fingerprint density at radius 1 is 1.53 bits per heavy atom. The van der Waals surface area contributed by atoms with Crippen LogP contribution in [0, 0.1) is 0 Å². The molecule has 0 saturated heterocycles. The lowest BCUT2D eigenvalue weighted by Crippen LogP contribution is -2.36. The van der Waals surface area contributed by atoms with Gasteiger partial charge < -0.3 is 5.11 Å². The second-order valence-electron chi connectivity index (χ2n) is 3.85. The van der Waals surface area contributed by atoms with E-state index in [9.17, 15) is 13.5 Å². The van der Waals surface area contributed by atoms with Gasteiger partial charge >= 0.3 is 0 Å². The molecular formula is C11H14BrClO3S. The van der Waals surface area contributed by atoms with Crippen LogP contribution in [0.25, 0.3) is 0 Å². The smallest absolute Gasteiger partial charge is 0.168 e. The van der Waals surface area contributed by atoms with Gasteiger partial charge in [0.05, 0.1) is 0 Å². The Morgan fingerprint density at radius 3 is 2.59 bits per heavy atom. The van der Waals surface area contributed by atoms with Gasteiger partial charge in [-0.05, 0) is 24.6 Å². The molecule has 1 aromatic carbocycles. The number of benzene rings is 1. The molecule has 0 aliphatic rings. The molecule has 1 aromatic rings. The third kappa shape index (κ3) is 3.02. The Bertz CT molecular complexity index is 499. The van der Waals surface area contributed by atoms with Crippen LogP contribution in [0.3, 0.4) is 0 Å². The van der Waals surface area contributed by atoms with E-state index < -0.39 is 19.6 Å². The van der Waals surface area contributed by atoms with Gasteiger partial charge in [-0.2, -0.15) is 0 Å². The van der Waals surface area contributed by atoms with Crippen LogP contribution in [0.4, 0.5) is 0 Å². The average molecular weight is 342 g/mol. The summed E-state index contributed by atoms with van der Waals surface area (Å²) < 4.78 is 22.3. The van der Waals surface area contributed by atoms with Crippen LogP contribution in [-0.4, -0.2) is 22.9 Å². The fourth-order valence-electron chi connectivity index (χ4n) is 1.43. The summed E-state index contributed by atoms with van der Waals surface area (Å²) >= 11 is 8.92. The number of halogens is 2. The van der Waals surface area contributed by atoms with Crippen LogP contribution >= 0.6 is 27.5 Å². The van der Waals surface area contributed by atoms with E-state index in [1.165, 1.54) is 6.92 Å². The van der Waals surface area contributed by atoms with Crippen molar-refractivity contribution in [2.45, 2.75) is 23.6 Å². The van der Waals surface area contributed by atoms with Crippen molar-refractivity contribution >= 4 is 37.4 Å². The summed E-state index contributed by atoms with van der Waals surface area (Å²) in [7, 11) is -3.43. The van der Waals surface area contributed by atoms with E-state index in [0.29, 0.717) is 10.6 Å². The van der Waals surface area contributed by atoms with Gasteiger partial charge in [0.2, 0.25) is 0 Å². The summed E-state index contributed by atoms with van der Waals surface area (Å²) in [4.78, 5) is 0. The molecule has 0 aromatic heterocycles. The Kier molecular flexibility index (Phi) is 4.63. The van der Waals surface area contributed by atoms with E-state index >= 15 is 0 Å². The molecule has 96 valence electrons. The fraction of sp³-hybridized carbons (Fsp3) is 0.455. The van der Waals surface area contributed by atoms with Crippen LogP contribution in [0.5, 0.6) is 0 Å². The van der Waals surface area contributed by atoms with E-state index in [4.69, 9.17) is 11.6 Å². The van der Waals surface area contributed by atoms with Gasteiger partial charge in [-0.25, -0.2) is 8.42 Å². The lowest BCUT2D eigenvalue weighted by molar-refractivity contribution is 0.167. The van der Waals surface area contributed by atoms with Crippen molar-refractivity contribution in [2.75, 3.05) is 5.75 Å². The summed E-state index contributed by atoms with van der Waals surface area (Å²) in [6.45, 7) is 2.98. The third-order valence-electron chi connectivity index (χ3n) is 2.64. The summed E-state index contributed by atoms with van der Waals surface area (Å²) in [6.07, 6.45) is -1.17. The lowest BCUT2D eigenvalue weighted by Gasteiger charge is -2.28. The lowest BCUT2D eigenvalue weighted by atomic mass is 10.1. The maximum atomic E-state index is 11.9. The van der Waals surface area contributed by atoms with Crippen molar-refractivity contribution in [1.82, 2.24) is 0 Å². The van der Waals surface area contributed by atoms with Gasteiger partial charge in [-0.15, -0.1) is 0 Å². The first-order chi connectivity index (χ1) is 7.72. The Hall–Kier alpha value is -0.100. The standard InChI is InChI=1S/C11H14BrClO3S/c1-3-17(15,16)11(2,12)10(14)8-5-4-6-9(13)7-8/h4-7,10,14H,3H2,1-2H3/t10-,11-/m0/s1. The molecule has 2 atom stereocenters. The highest BCUT2D eigenvalue weighted by molar-refractivity contribution is 9.11. The molecule has 0 heterocycles. The molecule has 3 nitrogen and oxygen atoms in total. The van der Waals surface area contributed by atoms with Gasteiger partial charge in [0.25, 0.3) is 0 Å². The molecule has 0 unspecified atom stereocenters. The molecule has 0 amide bonds. The quantitative estimate of drug-likeness (QED) is 0.857. The van der Waals surface area contributed by atoms with Crippen molar-refractivity contribution in [3.05, 3.63) is 34.9 Å². The first kappa shape index (κ1) is 15.0. The highest BCUT2D eigenvalue weighted by atomic mass is 79.9. The largest absolute Gasteiger partial charge is 0.386 e. The highest BCUT2D eigenvalue weighted by Gasteiger charge is 2.42. The molecule has 0 saturated carbocycles. The molecule has 0 aliphatic heterocycles. The Balaban J connectivity index is 3.17. The van der Waals surface area contributed by atoms with E-state index in [-0.39, 0.29) is 5.75 Å². The number of sulfone groups is 1. The number of alkyl halides is 1. The van der Waals surface area contributed by atoms with Gasteiger partial charge in [0.15, 0.2) is 13.5 Å². The second-order valence-corrected chi connectivity index (χ2v) is 9.11. The topological polar surface area (TPSA) is 54.4 Å². The molecule has 0 bridgehead atoms. The number of hydrogen-bond donors (Lipinski definition) is 1. The van der Waals surface area contributed by atoms with Gasteiger partial charge in [0, 0.05) is 10.8 Å². The van der Waals surface area contributed by atoms with Crippen LogP contribution in [-0.2, 0) is 9.84 Å². The average Bonchev–Trinajstić information content (AvgIpc) is 2.27. The summed E-state index contributed by atoms with van der Waals surface area (Å²) in [5.74, 6) is -0.0492. The number of aliphatic hydroxyl groups is 1. The fourth-order valence-corrected chi connectivity index (χ4v) is 3.62. The van der Waals surface area contributed by atoms with Gasteiger partial charge in [0.1, 0.15) is 6.10 Å². The van der Waals surface area contributed by atoms with Crippen molar-refractivity contribution in [3.8, 4) is 0 Å². The summed E-state index contributed by atoms with van der Waals surface area (Å²) in [5.41, 5.74) is 0.467. The zero-order chi connectivity index (χ0) is 13.3. The molecule has 6 heteroatoms. The van der Waals surface area contributed by atoms with Crippen molar-refractivity contribution < 1.29 is 13.5 Å². The van der Waals surface area contributed by atoms with Crippen LogP contribution in [0.15, 0.2) is 24.3 Å². The van der Waals surface area contributed by atoms with E-state index in [0.717, 1.165) is 0 Å². The summed E-state index contributed by atoms with van der Waals surface area (Å²) in [6, 6.07) is 6.53. The maximum Gasteiger partial charge on any atom is 0.168 e. The van der Waals surface area contributed by atoms with E-state index in [1.54, 1.807) is 31.2 Å². The third-order valence-corrected chi connectivity index (χ3v) is 6.99. The van der Waals surface area contributed by atoms with E-state index in [2.05, 4.69) is 15.9 Å². The monoisotopic (exact) mass is 340 g/mol. The van der Waals surface area contributed by atoms with Gasteiger partial charge in [-0.3, -0.25) is 0 Å². The minimum Gasteiger partial charge on any atom is -0.386 e. The Morgan fingerprint density at radius 2 is 2.12 bits per heavy atom. The minimum atomic E-state index is -3.43. The first-order valence-electron chi connectivity index (χ1n) is 5.07. The zero-order valence-electron chi connectivity index (χ0n) is 9.52. The molecule has 0 fully saturated rings. The zero-order valence-corrected chi connectivity index (χ0v) is 12.7. The first-order valence-corrected chi connectivity index (χ1v) is 7.89. The number of hydrogen-bond acceptors (Lipinski definition) is 3. The summed E-state index contributed by atoms with van der Waals surface area (Å²) in [5, 5.41) is 10.6. The van der Waals surface area contributed by atoms with Crippen LogP contribution < -0.4 is 0 Å². The highest BCUT2D eigenvalue weighted by Crippen LogP contribution is 2.39. The predicted octanol–water partition coefficient (Wildman–Crippen LogP) is 2.92. The molecule has 0 spiro atoms. The van der Waals surface area contributed by atoms with Gasteiger partial charge in [-0.1, -0.05) is 46.6 Å². The Labute approximate surface area is 115 Å². The molecule has 0 aliphatic carbocycles. The van der Waals surface area contributed by atoms with Crippen LogP contribution in [0.1, 0.15) is 25.5 Å². The van der Waals surface area contributed by atoms with E-state index in [1.807, 2.05) is 0 Å². The maximum absolute atomic E-state index is 11.9. The van der Waals surface area contributed by atoms with Crippen molar-refractivity contribution in [1.29, 1.82) is 0 Å². The molecule has 0 radical (unpaired) electrons. The van der Waals surface area contributed by atoms with Crippen molar-refractivity contribution in [2.24, 2.45) is 0 Å². The molecular weight excluding hydrogens is 328 g/mol. The normalized spacial score (nSPS) is 17.5. The van der Waals surface area contributed by atoms with Crippen molar-refractivity contribution in [3.63, 3.8) is 0 Å². The van der Waals surface area contributed by atoms with Crippen LogP contribution in [0.2, 0.25) is 5.02 Å². The molecule has 1 N–H and O–H groups in total.